The summed E-state index contributed by atoms with van der Waals surface area (Å²) in [7, 11) is 0. The zero-order chi connectivity index (χ0) is 19.6. The van der Waals surface area contributed by atoms with Crippen molar-refractivity contribution >= 4 is 40.9 Å². The fraction of sp³-hybridized carbons (Fsp3) is 0.474. The number of aryl methyl sites for hydroxylation is 1. The van der Waals surface area contributed by atoms with Gasteiger partial charge in [-0.3, -0.25) is 14.5 Å². The van der Waals surface area contributed by atoms with Crippen molar-refractivity contribution in [1.82, 2.24) is 4.90 Å². The van der Waals surface area contributed by atoms with Gasteiger partial charge in [0.15, 0.2) is 6.73 Å². The van der Waals surface area contributed by atoms with Crippen LogP contribution in [-0.4, -0.2) is 34.2 Å². The summed E-state index contributed by atoms with van der Waals surface area (Å²) in [5.41, 5.74) is 0.436. The van der Waals surface area contributed by atoms with Crippen molar-refractivity contribution in [2.45, 2.75) is 52.3 Å². The van der Waals surface area contributed by atoms with Crippen molar-refractivity contribution in [2.75, 3.05) is 12.0 Å². The highest BCUT2D eigenvalue weighted by molar-refractivity contribution is 8.04. The second kappa shape index (κ2) is 7.92. The number of carbonyl (C=O) groups excluding carboxylic acids is 2. The van der Waals surface area contributed by atoms with Gasteiger partial charge in [0.25, 0.3) is 5.91 Å². The third-order valence-corrected chi connectivity index (χ3v) is 5.61. The fourth-order valence-corrected chi connectivity index (χ4v) is 3.55. The molecule has 0 fully saturated rings. The first-order chi connectivity index (χ1) is 12.0. The van der Waals surface area contributed by atoms with E-state index in [1.165, 1.54) is 16.7 Å². The average molecular weight is 397 g/mol. The summed E-state index contributed by atoms with van der Waals surface area (Å²) in [6.07, 6.45) is 0. The fourth-order valence-electron chi connectivity index (χ4n) is 2.47. The number of anilines is 1. The molecule has 0 atom stereocenters. The van der Waals surface area contributed by atoms with Gasteiger partial charge in [-0.15, -0.1) is 11.8 Å². The Bertz CT molecular complexity index is 759. The van der Waals surface area contributed by atoms with Crippen molar-refractivity contribution in [3.8, 4) is 0 Å². The Hall–Kier alpha value is -1.66. The predicted octanol–water partition coefficient (Wildman–Crippen LogP) is 4.55. The molecule has 26 heavy (non-hydrogen) atoms. The molecule has 0 saturated carbocycles. The Morgan fingerprint density at radius 2 is 2.00 bits per heavy atom. The van der Waals surface area contributed by atoms with Gasteiger partial charge < -0.3 is 10.1 Å². The lowest BCUT2D eigenvalue weighted by Gasteiger charge is -2.40. The molecule has 142 valence electrons. The lowest BCUT2D eigenvalue weighted by Crippen LogP contribution is -2.57. The van der Waals surface area contributed by atoms with Crippen LogP contribution in [0.4, 0.5) is 5.69 Å². The first-order valence-corrected chi connectivity index (χ1v) is 9.69. The Morgan fingerprint density at radius 1 is 1.35 bits per heavy atom. The van der Waals surface area contributed by atoms with E-state index in [-0.39, 0.29) is 23.8 Å². The average Bonchev–Trinajstić information content (AvgIpc) is 2.54. The van der Waals surface area contributed by atoms with Crippen LogP contribution in [0.15, 0.2) is 28.9 Å². The summed E-state index contributed by atoms with van der Waals surface area (Å²) in [6.45, 7) is 11.2. The number of thioether (sulfide) groups is 1. The molecule has 0 aliphatic carbocycles. The van der Waals surface area contributed by atoms with Crippen LogP contribution in [0.1, 0.15) is 40.2 Å². The topological polar surface area (TPSA) is 58.6 Å². The molecule has 0 bridgehead atoms. The molecule has 0 unspecified atom stereocenters. The van der Waals surface area contributed by atoms with Crippen LogP contribution in [-0.2, 0) is 14.3 Å². The minimum absolute atomic E-state index is 0.0434. The number of hydrogen-bond donors (Lipinski definition) is 1. The van der Waals surface area contributed by atoms with E-state index in [9.17, 15) is 9.59 Å². The van der Waals surface area contributed by atoms with Crippen LogP contribution < -0.4 is 5.32 Å². The van der Waals surface area contributed by atoms with E-state index in [4.69, 9.17) is 16.3 Å². The van der Waals surface area contributed by atoms with E-state index in [1.807, 2.05) is 26.8 Å². The largest absolute Gasteiger partial charge is 0.476 e. The van der Waals surface area contributed by atoms with Gasteiger partial charge >= 0.3 is 0 Å². The number of ether oxygens (including phenoxy) is 1. The number of hydrogen-bond acceptors (Lipinski definition) is 4. The van der Waals surface area contributed by atoms with Gasteiger partial charge in [-0.05, 0) is 45.4 Å². The summed E-state index contributed by atoms with van der Waals surface area (Å²) in [6, 6.07) is 5.30. The van der Waals surface area contributed by atoms with Crippen molar-refractivity contribution < 1.29 is 14.3 Å². The molecule has 7 heteroatoms. The maximum Gasteiger partial charge on any atom is 0.267 e. The molecule has 5 nitrogen and oxygen atoms in total. The van der Waals surface area contributed by atoms with Gasteiger partial charge in [0.2, 0.25) is 5.91 Å². The summed E-state index contributed by atoms with van der Waals surface area (Å²) in [4.78, 5) is 27.9. The molecule has 0 saturated heterocycles. The second-order valence-electron chi connectivity index (χ2n) is 7.03. The molecular weight excluding hydrogens is 372 g/mol. The van der Waals surface area contributed by atoms with Gasteiger partial charge in [0.05, 0.1) is 0 Å². The number of carbonyl (C=O) groups is 2. The monoisotopic (exact) mass is 396 g/mol. The molecule has 1 heterocycles. The minimum Gasteiger partial charge on any atom is -0.476 e. The Balaban J connectivity index is 2.24. The number of allylic oxidation sites excluding steroid dienone is 1. The Kier molecular flexibility index (Phi) is 6.29. The van der Waals surface area contributed by atoms with Crippen molar-refractivity contribution in [3.05, 3.63) is 39.4 Å². The standard InChI is InChI=1S/C19H25ClN2O3S/c1-11(2)26-16-13(4)25-10-22(17(16)23)19(5,6)18(24)21-15-9-14(20)8-7-12(15)3/h7-9,11H,10H2,1-6H3,(H,21,24). The van der Waals surface area contributed by atoms with E-state index in [0.717, 1.165) is 5.56 Å². The van der Waals surface area contributed by atoms with Crippen LogP contribution in [0, 0.1) is 6.92 Å². The summed E-state index contributed by atoms with van der Waals surface area (Å²) < 4.78 is 5.67. The van der Waals surface area contributed by atoms with Crippen molar-refractivity contribution in [2.24, 2.45) is 0 Å². The van der Waals surface area contributed by atoms with E-state index in [0.29, 0.717) is 21.4 Å². The second-order valence-corrected chi connectivity index (χ2v) is 9.05. The predicted molar refractivity (Wildman–Crippen MR) is 107 cm³/mol. The molecule has 2 rings (SSSR count). The van der Waals surface area contributed by atoms with E-state index in [2.05, 4.69) is 5.32 Å². The zero-order valence-electron chi connectivity index (χ0n) is 16.0. The van der Waals surface area contributed by atoms with Crippen LogP contribution in [0.3, 0.4) is 0 Å². The number of nitrogens with zero attached hydrogens (tertiary/aromatic N) is 1. The minimum atomic E-state index is -1.09. The molecule has 1 aliphatic rings. The molecule has 0 aromatic heterocycles. The van der Waals surface area contributed by atoms with E-state index in [1.54, 1.807) is 32.9 Å². The highest BCUT2D eigenvalue weighted by Gasteiger charge is 2.42. The van der Waals surface area contributed by atoms with Gasteiger partial charge in [-0.25, -0.2) is 0 Å². The van der Waals surface area contributed by atoms with Gasteiger partial charge in [-0.1, -0.05) is 31.5 Å². The third-order valence-electron chi connectivity index (χ3n) is 4.20. The van der Waals surface area contributed by atoms with Gasteiger partial charge in [-0.2, -0.15) is 0 Å². The normalized spacial score (nSPS) is 15.4. The number of nitrogens with one attached hydrogen (secondary N) is 1. The van der Waals surface area contributed by atoms with E-state index >= 15 is 0 Å². The number of amides is 2. The highest BCUT2D eigenvalue weighted by atomic mass is 35.5. The zero-order valence-corrected chi connectivity index (χ0v) is 17.5. The molecule has 1 N–H and O–H groups in total. The molecule has 1 aromatic carbocycles. The summed E-state index contributed by atoms with van der Waals surface area (Å²) >= 11 is 7.47. The maximum absolute atomic E-state index is 13.0. The first-order valence-electron chi connectivity index (χ1n) is 8.44. The smallest absolute Gasteiger partial charge is 0.267 e. The van der Waals surface area contributed by atoms with Crippen LogP contribution in [0.25, 0.3) is 0 Å². The van der Waals surface area contributed by atoms with Crippen LogP contribution in [0.2, 0.25) is 5.02 Å². The summed E-state index contributed by atoms with van der Waals surface area (Å²) in [5.74, 6) is 0.121. The number of halogens is 1. The van der Waals surface area contributed by atoms with Crippen LogP contribution >= 0.6 is 23.4 Å². The van der Waals surface area contributed by atoms with Crippen LogP contribution in [0.5, 0.6) is 0 Å². The molecule has 0 radical (unpaired) electrons. The lowest BCUT2D eigenvalue weighted by atomic mass is 10.0. The van der Waals surface area contributed by atoms with Crippen molar-refractivity contribution in [3.63, 3.8) is 0 Å². The quantitative estimate of drug-likeness (QED) is 0.792. The molecular formula is C19H25ClN2O3S. The number of rotatable bonds is 5. The SMILES string of the molecule is CC1=C(SC(C)C)C(=O)N(C(C)(C)C(=O)Nc2cc(Cl)ccc2C)CO1. The van der Waals surface area contributed by atoms with Crippen molar-refractivity contribution in [1.29, 1.82) is 0 Å². The Labute approximate surface area is 164 Å². The van der Waals surface area contributed by atoms with Gasteiger partial charge in [0, 0.05) is 16.0 Å². The lowest BCUT2D eigenvalue weighted by molar-refractivity contribution is -0.148. The third kappa shape index (κ3) is 4.35. The molecule has 1 aliphatic heterocycles. The molecule has 0 spiro atoms. The van der Waals surface area contributed by atoms with E-state index < -0.39 is 5.54 Å². The van der Waals surface area contributed by atoms with Gasteiger partial charge in [0.1, 0.15) is 16.2 Å². The number of benzene rings is 1. The maximum atomic E-state index is 13.0. The highest BCUT2D eigenvalue weighted by Crippen LogP contribution is 2.33. The summed E-state index contributed by atoms with van der Waals surface area (Å²) in [5, 5.41) is 3.65. The first kappa shape index (κ1) is 20.6. The Morgan fingerprint density at radius 3 is 2.62 bits per heavy atom. The molecule has 2 amide bonds. The molecule has 1 aromatic rings.